The number of nitrogens with zero attached hydrogens (tertiary/aromatic N) is 2. The van der Waals surface area contributed by atoms with Crippen LogP contribution in [-0.2, 0) is 47.9 Å². The lowest BCUT2D eigenvalue weighted by atomic mass is 9.85. The summed E-state index contributed by atoms with van der Waals surface area (Å²) in [5.41, 5.74) is 6.09. The minimum atomic E-state index is -4.16. The van der Waals surface area contributed by atoms with Crippen LogP contribution in [0.25, 0.3) is 10.9 Å². The first-order valence-electron chi connectivity index (χ1n) is 16.0. The van der Waals surface area contributed by atoms with Crippen LogP contribution in [0.4, 0.5) is 15.3 Å². The maximum absolute atomic E-state index is 13.5. The minimum absolute atomic E-state index is 0.0423. The van der Waals surface area contributed by atoms with Crippen molar-refractivity contribution in [3.8, 4) is 0 Å². The summed E-state index contributed by atoms with van der Waals surface area (Å²) < 4.78 is 36.4. The van der Waals surface area contributed by atoms with Gasteiger partial charge in [0, 0.05) is 5.39 Å². The summed E-state index contributed by atoms with van der Waals surface area (Å²) in [5, 5.41) is 10.7. The number of phosphoric acid groups is 1. The van der Waals surface area contributed by atoms with Gasteiger partial charge in [-0.2, -0.15) is 9.78 Å². The fourth-order valence-electron chi connectivity index (χ4n) is 5.63. The highest BCUT2D eigenvalue weighted by atomic mass is 31.2. The van der Waals surface area contributed by atoms with E-state index in [1.807, 2.05) is 60.7 Å². The number of phosphoric ester groups is 1. The molecule has 2 amide bonds. The van der Waals surface area contributed by atoms with E-state index in [1.54, 1.807) is 18.2 Å². The Kier molecular flexibility index (Phi) is 10.3. The molecule has 1 heterocycles. The Morgan fingerprint density at radius 2 is 1.55 bits per heavy atom. The number of hydrogen-bond acceptors (Lipinski definition) is 8. The quantitative estimate of drug-likeness (QED) is 0.105. The first-order valence-corrected chi connectivity index (χ1v) is 17.5. The highest BCUT2D eigenvalue weighted by Gasteiger charge is 2.29. The number of aromatic nitrogens is 2. The number of carbonyl (C=O) groups is 2. The number of rotatable bonds is 11. The van der Waals surface area contributed by atoms with Crippen LogP contribution in [0.15, 0.2) is 103 Å². The third kappa shape index (κ3) is 8.44. The van der Waals surface area contributed by atoms with Crippen LogP contribution < -0.4 is 10.6 Å². The molecule has 0 radical (unpaired) electrons. The van der Waals surface area contributed by atoms with E-state index < -0.39 is 20.7 Å². The molecule has 0 saturated heterocycles. The number of aryl methyl sites for hydroxylation is 1. The summed E-state index contributed by atoms with van der Waals surface area (Å²) in [4.78, 5) is 26.2. The van der Waals surface area contributed by atoms with Gasteiger partial charge in [-0.3, -0.25) is 9.05 Å². The van der Waals surface area contributed by atoms with Gasteiger partial charge in [-0.05, 0) is 58.2 Å². The molecular formula is C37H39N4O7P. The zero-order valence-corrected chi connectivity index (χ0v) is 28.5. The normalized spacial score (nSPS) is 14.4. The number of carbonyl (C=O) groups excluding carboxylic acids is 2. The zero-order chi connectivity index (χ0) is 34.4. The van der Waals surface area contributed by atoms with E-state index in [0.717, 1.165) is 34.2 Å². The second-order valence-corrected chi connectivity index (χ2v) is 14.4. The number of amides is 2. The maximum Gasteiger partial charge on any atom is 0.478 e. The van der Waals surface area contributed by atoms with Crippen molar-refractivity contribution >= 4 is 36.5 Å². The number of ether oxygens (including phenoxy) is 1. The molecule has 5 aromatic rings. The van der Waals surface area contributed by atoms with Crippen LogP contribution >= 0.6 is 7.82 Å². The molecule has 6 rings (SSSR count). The highest BCUT2D eigenvalue weighted by molar-refractivity contribution is 7.48. The summed E-state index contributed by atoms with van der Waals surface area (Å²) in [6, 6.07) is 29.4. The lowest BCUT2D eigenvalue weighted by Gasteiger charge is -2.21. The van der Waals surface area contributed by atoms with Crippen molar-refractivity contribution in [1.82, 2.24) is 15.1 Å². The van der Waals surface area contributed by atoms with Crippen molar-refractivity contribution in [3.63, 3.8) is 0 Å². The lowest BCUT2D eigenvalue weighted by Crippen LogP contribution is -2.31. The van der Waals surface area contributed by atoms with Gasteiger partial charge < -0.3 is 15.4 Å². The molecule has 254 valence electrons. The van der Waals surface area contributed by atoms with Crippen molar-refractivity contribution in [2.45, 2.75) is 58.3 Å². The van der Waals surface area contributed by atoms with E-state index in [1.165, 1.54) is 17.3 Å². The van der Waals surface area contributed by atoms with Gasteiger partial charge in [0.2, 0.25) is 6.79 Å². The molecule has 11 nitrogen and oxygen atoms in total. The molecule has 12 heteroatoms. The van der Waals surface area contributed by atoms with Gasteiger partial charge in [0.05, 0.1) is 36.7 Å². The molecule has 2 N–H and O–H groups in total. The fraction of sp³-hybridized carbons (Fsp3) is 0.270. The minimum Gasteiger partial charge on any atom is -0.420 e. The van der Waals surface area contributed by atoms with Gasteiger partial charge in [-0.25, -0.2) is 18.7 Å². The van der Waals surface area contributed by atoms with Gasteiger partial charge >= 0.3 is 19.9 Å². The molecule has 4 aromatic carbocycles. The summed E-state index contributed by atoms with van der Waals surface area (Å²) in [7, 11) is -4.16. The van der Waals surface area contributed by atoms with E-state index >= 15 is 0 Å². The second-order valence-electron chi connectivity index (χ2n) is 12.8. The number of anilines is 1. The molecule has 0 spiro atoms. The molecule has 1 atom stereocenters. The van der Waals surface area contributed by atoms with Crippen LogP contribution in [0, 0.1) is 0 Å². The first-order chi connectivity index (χ1) is 23.6. The topological polar surface area (TPSA) is 130 Å². The molecule has 0 saturated carbocycles. The average molecular weight is 683 g/mol. The van der Waals surface area contributed by atoms with E-state index in [9.17, 15) is 14.2 Å². The summed E-state index contributed by atoms with van der Waals surface area (Å²) in [6.07, 6.45) is 2.29. The molecule has 49 heavy (non-hydrogen) atoms. The van der Waals surface area contributed by atoms with Crippen molar-refractivity contribution in [2.24, 2.45) is 0 Å². The summed E-state index contributed by atoms with van der Waals surface area (Å²) in [6.45, 7) is 5.76. The maximum atomic E-state index is 13.5. The largest absolute Gasteiger partial charge is 0.478 e. The van der Waals surface area contributed by atoms with E-state index in [0.29, 0.717) is 16.6 Å². The number of hydrogen-bond donors (Lipinski definition) is 2. The summed E-state index contributed by atoms with van der Waals surface area (Å²) in [5.74, 6) is 0. The molecule has 0 bridgehead atoms. The van der Waals surface area contributed by atoms with E-state index in [4.69, 9.17) is 18.3 Å². The molecule has 0 aliphatic heterocycles. The first kappa shape index (κ1) is 34.1. The Bertz CT molecular complexity index is 1930. The van der Waals surface area contributed by atoms with Crippen molar-refractivity contribution in [3.05, 3.63) is 131 Å². The molecular weight excluding hydrogens is 643 g/mol. The third-order valence-corrected chi connectivity index (χ3v) is 9.60. The Labute approximate surface area is 285 Å². The lowest BCUT2D eigenvalue weighted by molar-refractivity contribution is 0.0173. The Balaban J connectivity index is 1.07. The third-order valence-electron chi connectivity index (χ3n) is 8.28. The highest BCUT2D eigenvalue weighted by Crippen LogP contribution is 2.51. The SMILES string of the molecule is CC(C)(C)c1ccc2c(c1)CC[C@H]2NC(=O)Nc1cccc2c1cnn2C(=O)OCOP(=O)(OCc1ccccc1)OCc1ccccc1. The Morgan fingerprint density at radius 1 is 0.878 bits per heavy atom. The van der Waals surface area contributed by atoms with Crippen LogP contribution in [0.2, 0.25) is 0 Å². The molecule has 0 unspecified atom stereocenters. The van der Waals surface area contributed by atoms with Crippen molar-refractivity contribution in [2.75, 3.05) is 12.1 Å². The number of fused-ring (bicyclic) bond motifs is 2. The molecule has 0 fully saturated rings. The van der Waals surface area contributed by atoms with Crippen LogP contribution in [0.5, 0.6) is 0 Å². The van der Waals surface area contributed by atoms with Crippen LogP contribution in [0.3, 0.4) is 0 Å². The van der Waals surface area contributed by atoms with Gasteiger partial charge in [-0.1, -0.05) is 106 Å². The molecule has 1 aromatic heterocycles. The smallest absolute Gasteiger partial charge is 0.420 e. The van der Waals surface area contributed by atoms with Crippen LogP contribution in [0.1, 0.15) is 61.1 Å². The number of benzene rings is 4. The van der Waals surface area contributed by atoms with Gasteiger partial charge in [0.25, 0.3) is 0 Å². The van der Waals surface area contributed by atoms with Gasteiger partial charge in [0.15, 0.2) is 0 Å². The van der Waals surface area contributed by atoms with Gasteiger partial charge in [-0.15, -0.1) is 0 Å². The van der Waals surface area contributed by atoms with Crippen molar-refractivity contribution in [1.29, 1.82) is 0 Å². The van der Waals surface area contributed by atoms with Crippen molar-refractivity contribution < 1.29 is 32.5 Å². The fourth-order valence-corrected chi connectivity index (χ4v) is 6.65. The van der Waals surface area contributed by atoms with E-state index in [2.05, 4.69) is 54.7 Å². The summed E-state index contributed by atoms with van der Waals surface area (Å²) >= 11 is 0. The van der Waals surface area contributed by atoms with Crippen LogP contribution in [-0.4, -0.2) is 28.7 Å². The number of urea groups is 1. The monoisotopic (exact) mass is 682 g/mol. The number of nitrogens with one attached hydrogen (secondary N) is 2. The second kappa shape index (κ2) is 14.8. The van der Waals surface area contributed by atoms with E-state index in [-0.39, 0.29) is 30.7 Å². The zero-order valence-electron chi connectivity index (χ0n) is 27.6. The predicted molar refractivity (Wildman–Crippen MR) is 186 cm³/mol. The molecule has 1 aliphatic carbocycles. The van der Waals surface area contributed by atoms with Gasteiger partial charge in [0.1, 0.15) is 0 Å². The standard InChI is InChI=1S/C37H39N4O7P/c1-37(2,3)29-18-19-30-28(21-29)17-20-33(30)40-35(42)39-32-15-10-16-34-31(32)22-38-41(34)36(43)45-25-48-49(44,46-23-26-11-6-4-7-12-26)47-24-27-13-8-5-9-14-27/h4-16,18-19,21-22,33H,17,20,23-25H2,1-3H3,(H2,39,40,42)/t33-/m1/s1. The predicted octanol–water partition coefficient (Wildman–Crippen LogP) is 8.64. The Morgan fingerprint density at radius 3 is 2.20 bits per heavy atom. The average Bonchev–Trinajstić information content (AvgIpc) is 3.72. The molecule has 1 aliphatic rings. The Hall–Kier alpha value is -4.80.